The van der Waals surface area contributed by atoms with Crippen LogP contribution in [0.3, 0.4) is 0 Å². The lowest BCUT2D eigenvalue weighted by Gasteiger charge is -2.41. The zero-order valence-corrected chi connectivity index (χ0v) is 15.8. The summed E-state index contributed by atoms with van der Waals surface area (Å²) in [7, 11) is 0. The van der Waals surface area contributed by atoms with Gasteiger partial charge in [0.15, 0.2) is 0 Å². The van der Waals surface area contributed by atoms with Crippen molar-refractivity contribution in [1.82, 2.24) is 9.21 Å². The Morgan fingerprint density at radius 1 is 1.15 bits per heavy atom. The molecule has 0 saturated carbocycles. The van der Waals surface area contributed by atoms with E-state index in [0.717, 1.165) is 50.3 Å². The number of nitroso groups, excluding NO2 is 1. The molecule has 0 spiro atoms. The fourth-order valence-corrected chi connectivity index (χ4v) is 4.95. The minimum atomic E-state index is -0.342. The number of likely N-dealkylation sites (tertiary alicyclic amines) is 1. The molecular formula is C18H26N4O3S. The third kappa shape index (κ3) is 5.25. The van der Waals surface area contributed by atoms with Gasteiger partial charge >= 0.3 is 0 Å². The number of nitrogens with zero attached hydrogens (tertiary/aromatic N) is 4. The number of non-ortho nitro benzene ring substituents is 1. The van der Waals surface area contributed by atoms with Gasteiger partial charge in [0.2, 0.25) is 0 Å². The second-order valence-electron chi connectivity index (χ2n) is 7.13. The molecule has 2 heterocycles. The average molecular weight is 378 g/mol. The summed E-state index contributed by atoms with van der Waals surface area (Å²) < 4.78 is 2.32. The Balaban J connectivity index is 1.43. The van der Waals surface area contributed by atoms with Crippen molar-refractivity contribution in [2.75, 3.05) is 32.7 Å². The molecule has 1 aromatic rings. The van der Waals surface area contributed by atoms with Crippen molar-refractivity contribution < 1.29 is 4.92 Å². The zero-order valence-electron chi connectivity index (χ0n) is 15.0. The van der Waals surface area contributed by atoms with Gasteiger partial charge in [-0.3, -0.25) is 10.1 Å². The topological polar surface area (TPSA) is 79.0 Å². The molecule has 0 atom stereocenters. The maximum Gasteiger partial charge on any atom is 0.270 e. The maximum absolute atomic E-state index is 10.9. The van der Waals surface area contributed by atoms with Gasteiger partial charge < -0.3 is 4.90 Å². The lowest BCUT2D eigenvalue weighted by molar-refractivity contribution is -0.385. The van der Waals surface area contributed by atoms with Gasteiger partial charge in [-0.15, -0.1) is 0 Å². The number of hydrogen-bond acceptors (Lipinski definition) is 7. The molecule has 26 heavy (non-hydrogen) atoms. The van der Waals surface area contributed by atoms with Crippen molar-refractivity contribution in [3.05, 3.63) is 39.3 Å². The molecule has 0 aromatic heterocycles. The summed E-state index contributed by atoms with van der Waals surface area (Å²) in [5.41, 5.74) is 0.150. The first kappa shape index (κ1) is 19.3. The van der Waals surface area contributed by atoms with E-state index in [1.54, 1.807) is 24.1 Å². The molecule has 142 valence electrons. The average Bonchev–Trinajstić information content (AvgIpc) is 2.68. The largest absolute Gasteiger partial charge is 0.300 e. The van der Waals surface area contributed by atoms with Crippen molar-refractivity contribution in [3.8, 4) is 0 Å². The lowest BCUT2D eigenvalue weighted by atomic mass is 9.91. The van der Waals surface area contributed by atoms with E-state index in [1.807, 2.05) is 6.07 Å². The summed E-state index contributed by atoms with van der Waals surface area (Å²) in [6, 6.07) is 7.50. The van der Waals surface area contributed by atoms with Crippen LogP contribution in [0.1, 0.15) is 32.1 Å². The molecule has 1 aromatic carbocycles. The van der Waals surface area contributed by atoms with Crippen LogP contribution in [0.2, 0.25) is 0 Å². The second kappa shape index (κ2) is 9.43. The molecule has 2 saturated heterocycles. The minimum Gasteiger partial charge on any atom is -0.300 e. The Labute approximate surface area is 158 Å². The molecule has 2 fully saturated rings. The maximum atomic E-state index is 10.9. The smallest absolute Gasteiger partial charge is 0.270 e. The van der Waals surface area contributed by atoms with Crippen LogP contribution in [0.15, 0.2) is 34.3 Å². The number of rotatable bonds is 7. The van der Waals surface area contributed by atoms with Crippen molar-refractivity contribution in [2.45, 2.75) is 43.0 Å². The number of piperidine rings is 2. The molecule has 3 rings (SSSR count). The summed E-state index contributed by atoms with van der Waals surface area (Å²) in [6.07, 6.45) is 5.58. The second-order valence-corrected chi connectivity index (χ2v) is 8.30. The molecule has 7 nitrogen and oxygen atoms in total. The zero-order chi connectivity index (χ0) is 18.4. The van der Waals surface area contributed by atoms with Crippen LogP contribution in [0.4, 0.5) is 5.69 Å². The molecule has 0 amide bonds. The van der Waals surface area contributed by atoms with Gasteiger partial charge in [-0.25, -0.2) is 4.31 Å². The fraction of sp³-hybridized carbons (Fsp3) is 0.667. The summed E-state index contributed by atoms with van der Waals surface area (Å²) >= 11 is 1.62. The Kier molecular flexibility index (Phi) is 6.99. The van der Waals surface area contributed by atoms with E-state index >= 15 is 0 Å². The first-order valence-corrected chi connectivity index (χ1v) is 10.1. The third-order valence-corrected chi connectivity index (χ3v) is 6.57. The van der Waals surface area contributed by atoms with Gasteiger partial charge in [0, 0.05) is 36.2 Å². The van der Waals surface area contributed by atoms with Crippen LogP contribution in [-0.4, -0.2) is 52.9 Å². The van der Waals surface area contributed by atoms with E-state index in [1.165, 1.54) is 18.9 Å². The third-order valence-electron chi connectivity index (χ3n) is 5.48. The molecule has 0 N–H and O–H groups in total. The monoisotopic (exact) mass is 378 g/mol. The van der Waals surface area contributed by atoms with Crippen molar-refractivity contribution >= 4 is 17.6 Å². The van der Waals surface area contributed by atoms with E-state index in [-0.39, 0.29) is 10.6 Å². The van der Waals surface area contributed by atoms with Crippen LogP contribution in [0.25, 0.3) is 0 Å². The van der Waals surface area contributed by atoms with E-state index in [9.17, 15) is 15.0 Å². The predicted molar refractivity (Wildman–Crippen MR) is 103 cm³/mol. The number of nitro benzene ring substituents is 1. The number of benzene rings is 1. The van der Waals surface area contributed by atoms with Crippen molar-refractivity contribution in [2.24, 2.45) is 11.1 Å². The highest BCUT2D eigenvalue weighted by Crippen LogP contribution is 2.31. The number of hydrogen-bond donors (Lipinski definition) is 0. The summed E-state index contributed by atoms with van der Waals surface area (Å²) in [4.78, 5) is 24.4. The fourth-order valence-electron chi connectivity index (χ4n) is 3.94. The van der Waals surface area contributed by atoms with Crippen molar-refractivity contribution in [1.29, 1.82) is 0 Å². The molecule has 2 aliphatic rings. The molecule has 0 radical (unpaired) electrons. The first-order chi connectivity index (χ1) is 12.7. The standard InChI is InChI=1S/C18H26N4O3S/c23-19-9-4-15-5-10-20(11-6-15)16-7-12-21(13-8-16)26-18-3-1-2-17(14-18)22(24)25/h1-3,14-16H,4-13H2. The van der Waals surface area contributed by atoms with Crippen LogP contribution in [0.5, 0.6) is 0 Å². The normalized spacial score (nSPS) is 20.9. The highest BCUT2D eigenvalue weighted by atomic mass is 32.2. The highest BCUT2D eigenvalue weighted by molar-refractivity contribution is 7.97. The Hall–Kier alpha value is -1.51. The van der Waals surface area contributed by atoms with E-state index in [0.29, 0.717) is 18.5 Å². The van der Waals surface area contributed by atoms with E-state index < -0.39 is 0 Å². The SMILES string of the molecule is O=NCCC1CCN(C2CCN(Sc3cccc([N+](=O)[O-])c3)CC2)CC1. The molecule has 0 aliphatic carbocycles. The highest BCUT2D eigenvalue weighted by Gasteiger charge is 2.28. The summed E-state index contributed by atoms with van der Waals surface area (Å²) in [5, 5.41) is 13.9. The molecule has 8 heteroatoms. The quantitative estimate of drug-likeness (QED) is 0.309. The van der Waals surface area contributed by atoms with Crippen LogP contribution in [-0.2, 0) is 0 Å². The Morgan fingerprint density at radius 3 is 2.54 bits per heavy atom. The van der Waals surface area contributed by atoms with Crippen LogP contribution < -0.4 is 0 Å². The molecular weight excluding hydrogens is 352 g/mol. The van der Waals surface area contributed by atoms with Gasteiger partial charge in [-0.05, 0) is 69.1 Å². The van der Waals surface area contributed by atoms with Gasteiger partial charge in [0.1, 0.15) is 0 Å². The molecule has 0 unspecified atom stereocenters. The molecule has 2 aliphatic heterocycles. The first-order valence-electron chi connectivity index (χ1n) is 9.36. The Bertz CT molecular complexity index is 614. The van der Waals surface area contributed by atoms with E-state index in [4.69, 9.17) is 0 Å². The van der Waals surface area contributed by atoms with Gasteiger partial charge in [-0.2, -0.15) is 4.91 Å². The lowest BCUT2D eigenvalue weighted by Crippen LogP contribution is -2.46. The summed E-state index contributed by atoms with van der Waals surface area (Å²) in [5.74, 6) is 0.661. The minimum absolute atomic E-state index is 0.150. The number of nitro groups is 1. The Morgan fingerprint density at radius 2 is 1.88 bits per heavy atom. The van der Waals surface area contributed by atoms with Gasteiger partial charge in [0.25, 0.3) is 5.69 Å². The predicted octanol–water partition coefficient (Wildman–Crippen LogP) is 3.93. The molecule has 0 bridgehead atoms. The van der Waals surface area contributed by atoms with Crippen LogP contribution >= 0.6 is 11.9 Å². The van der Waals surface area contributed by atoms with Gasteiger partial charge in [0.05, 0.1) is 11.5 Å². The van der Waals surface area contributed by atoms with Crippen LogP contribution in [0, 0.1) is 20.9 Å². The van der Waals surface area contributed by atoms with Gasteiger partial charge in [-0.1, -0.05) is 11.2 Å². The summed E-state index contributed by atoms with van der Waals surface area (Å²) in [6.45, 7) is 4.73. The van der Waals surface area contributed by atoms with Crippen molar-refractivity contribution in [3.63, 3.8) is 0 Å². The van der Waals surface area contributed by atoms with E-state index in [2.05, 4.69) is 14.4 Å².